The van der Waals surface area contributed by atoms with Crippen LogP contribution < -0.4 is 0 Å². The molecule has 0 saturated heterocycles. The summed E-state index contributed by atoms with van der Waals surface area (Å²) in [4.78, 5) is 30.0. The van der Waals surface area contributed by atoms with E-state index in [9.17, 15) is 0 Å². The van der Waals surface area contributed by atoms with E-state index in [0.717, 1.165) is 134 Å². The summed E-state index contributed by atoms with van der Waals surface area (Å²) in [5, 5.41) is 0. The van der Waals surface area contributed by atoms with Crippen molar-refractivity contribution in [2.24, 2.45) is 0 Å². The fourth-order valence-corrected chi connectivity index (χ4v) is 13.8. The van der Waals surface area contributed by atoms with Crippen molar-refractivity contribution < 1.29 is 0 Å². The highest BCUT2D eigenvalue weighted by Gasteiger charge is 2.21. The van der Waals surface area contributed by atoms with Crippen LogP contribution >= 0.6 is 0 Å². The van der Waals surface area contributed by atoms with Crippen LogP contribution in [0.2, 0.25) is 0 Å². The maximum absolute atomic E-state index is 5.39. The quantitative estimate of drug-likeness (QED) is 0.108. The van der Waals surface area contributed by atoms with Crippen LogP contribution in [-0.4, -0.2) is 29.9 Å². The summed E-state index contributed by atoms with van der Waals surface area (Å²) in [6, 6.07) is 132. The van der Waals surface area contributed by atoms with E-state index in [0.29, 0.717) is 0 Å². The molecule has 0 bridgehead atoms. The van der Waals surface area contributed by atoms with Crippen LogP contribution in [0.15, 0.2) is 401 Å². The Morgan fingerprint density at radius 1 is 0.135 bits per heavy atom. The van der Waals surface area contributed by atoms with E-state index in [1.165, 1.54) is 44.5 Å². The van der Waals surface area contributed by atoms with Gasteiger partial charge in [-0.1, -0.05) is 334 Å². The van der Waals surface area contributed by atoms with E-state index >= 15 is 0 Å². The van der Waals surface area contributed by atoms with E-state index in [1.54, 1.807) is 6.20 Å². The largest absolute Gasteiger partial charge is 0.265 e. The van der Waals surface area contributed by atoms with E-state index in [2.05, 4.69) is 356 Å². The van der Waals surface area contributed by atoms with Crippen molar-refractivity contribution in [1.29, 1.82) is 0 Å². The first-order valence-electron chi connectivity index (χ1n) is 35.0. The average molecular weight is 1330 g/mol. The van der Waals surface area contributed by atoms with Crippen LogP contribution in [0.5, 0.6) is 0 Å². The Bertz CT molecular complexity index is 5580. The summed E-state index contributed by atoms with van der Waals surface area (Å²) in [7, 11) is 0. The molecule has 6 nitrogen and oxygen atoms in total. The Morgan fingerprint density at radius 3 is 0.577 bits per heavy atom. The maximum atomic E-state index is 5.39. The summed E-state index contributed by atoms with van der Waals surface area (Å²) in [6.07, 6.45) is 7.33. The molecule has 6 heteroatoms. The third-order valence-corrected chi connectivity index (χ3v) is 19.2. The van der Waals surface area contributed by atoms with Gasteiger partial charge in [-0.05, 0) is 154 Å². The topological polar surface area (TPSA) is 77.3 Å². The lowest BCUT2D eigenvalue weighted by molar-refractivity contribution is 1.29. The van der Waals surface area contributed by atoms with E-state index in [1.807, 2.05) is 48.9 Å². The standard InChI is InChI=1S/2C49H33N3/c1-4-11-34(12-5-1)36-18-24-39(25-19-36)44-31-46-47(32-45(44)40-26-20-37(21-27-40)35-13-6-2-7-14-35)52-49(48(51-46)41-15-8-3-9-16-41)42-28-22-38(23-29-42)43-17-10-30-50-33-43;1-4-10-34(11-5-1)36-16-22-40(23-17-36)44-32-46-47(33-45(44)41-24-18-37(19-25-41)35-12-6-2-7-13-35)52-49(48(51-46)42-14-8-3-9-15-42)43-26-20-38(21-27-43)39-28-30-50-31-29-39/h2*1-33H. The number of pyridine rings is 2. The van der Waals surface area contributed by atoms with Gasteiger partial charge in [-0.15, -0.1) is 0 Å². The second-order valence-corrected chi connectivity index (χ2v) is 25.8. The van der Waals surface area contributed by atoms with Crippen LogP contribution in [0, 0.1) is 0 Å². The number of hydrogen-bond acceptors (Lipinski definition) is 6. The Balaban J connectivity index is 0.000000154. The second-order valence-electron chi connectivity index (χ2n) is 25.8. The van der Waals surface area contributed by atoms with Crippen molar-refractivity contribution >= 4 is 22.1 Å². The molecule has 0 spiro atoms. The van der Waals surface area contributed by atoms with Crippen molar-refractivity contribution in [3.8, 4) is 156 Å². The highest BCUT2D eigenvalue weighted by molar-refractivity contribution is 5.99. The van der Waals surface area contributed by atoms with Crippen molar-refractivity contribution in [1.82, 2.24) is 29.9 Å². The van der Waals surface area contributed by atoms with Crippen molar-refractivity contribution in [2.75, 3.05) is 0 Å². The summed E-state index contributed by atoms with van der Waals surface area (Å²) in [6.45, 7) is 0. The summed E-state index contributed by atoms with van der Waals surface area (Å²) >= 11 is 0. The molecule has 0 radical (unpaired) electrons. The van der Waals surface area contributed by atoms with Gasteiger partial charge in [0.2, 0.25) is 0 Å². The van der Waals surface area contributed by atoms with Gasteiger partial charge in [-0.2, -0.15) is 0 Å². The summed E-state index contributed by atoms with van der Waals surface area (Å²) in [5.74, 6) is 0. The Labute approximate surface area is 605 Å². The molecule has 0 aliphatic heterocycles. The molecule has 0 saturated carbocycles. The zero-order valence-electron chi connectivity index (χ0n) is 56.8. The zero-order chi connectivity index (χ0) is 69.4. The van der Waals surface area contributed by atoms with Gasteiger partial charge in [0.15, 0.2) is 0 Å². The van der Waals surface area contributed by atoms with Gasteiger partial charge in [0, 0.05) is 47.0 Å². The fraction of sp³-hybridized carbons (Fsp3) is 0. The first-order valence-corrected chi connectivity index (χ1v) is 35.0. The molecule has 4 heterocycles. The van der Waals surface area contributed by atoms with Gasteiger partial charge < -0.3 is 0 Å². The molecule has 14 aromatic carbocycles. The molecule has 488 valence electrons. The van der Waals surface area contributed by atoms with E-state index in [4.69, 9.17) is 19.9 Å². The monoisotopic (exact) mass is 1330 g/mol. The van der Waals surface area contributed by atoms with Crippen molar-refractivity contribution in [2.45, 2.75) is 0 Å². The van der Waals surface area contributed by atoms with E-state index in [-0.39, 0.29) is 0 Å². The molecule has 0 aliphatic carbocycles. The Morgan fingerprint density at radius 2 is 0.327 bits per heavy atom. The summed E-state index contributed by atoms with van der Waals surface area (Å²) < 4.78 is 0. The molecule has 18 aromatic rings. The number of hydrogen-bond donors (Lipinski definition) is 0. The minimum Gasteiger partial charge on any atom is -0.265 e. The molecular weight excluding hydrogens is 1260 g/mol. The van der Waals surface area contributed by atoms with Crippen LogP contribution in [0.25, 0.3) is 178 Å². The predicted molar refractivity (Wildman–Crippen MR) is 431 cm³/mol. The van der Waals surface area contributed by atoms with Crippen LogP contribution in [-0.2, 0) is 0 Å². The normalized spacial score (nSPS) is 11.1. The molecule has 0 atom stereocenters. The highest BCUT2D eigenvalue weighted by atomic mass is 14.8. The molecule has 4 aromatic heterocycles. The molecule has 0 N–H and O–H groups in total. The molecular formula is C98H66N6. The fourth-order valence-electron chi connectivity index (χ4n) is 13.8. The Kier molecular flexibility index (Phi) is 17.8. The lowest BCUT2D eigenvalue weighted by Gasteiger charge is -2.16. The number of fused-ring (bicyclic) bond motifs is 2. The summed E-state index contributed by atoms with van der Waals surface area (Å²) in [5.41, 5.74) is 33.8. The molecule has 0 amide bonds. The first kappa shape index (κ1) is 63.5. The SMILES string of the molecule is c1ccc(-c2ccc(-c3cc4nc(-c5ccccc5)c(-c5ccc(-c6cccnc6)cc5)nc4cc3-c3ccc(-c4ccccc4)cc3)cc2)cc1.c1ccc(-c2ccc(-c3cc4nc(-c5ccccc5)c(-c5ccc(-c6ccncc6)cc5)nc4cc3-c3ccc(-c4ccccc4)cc3)cc2)cc1. The van der Waals surface area contributed by atoms with Gasteiger partial charge in [-0.3, -0.25) is 9.97 Å². The number of nitrogens with zero attached hydrogens (tertiary/aromatic N) is 6. The van der Waals surface area contributed by atoms with Gasteiger partial charge in [0.05, 0.1) is 44.8 Å². The van der Waals surface area contributed by atoms with Gasteiger partial charge in [0.25, 0.3) is 0 Å². The van der Waals surface area contributed by atoms with Crippen molar-refractivity contribution in [3.05, 3.63) is 401 Å². The smallest absolute Gasteiger partial charge is 0.0973 e. The van der Waals surface area contributed by atoms with Gasteiger partial charge in [0.1, 0.15) is 0 Å². The van der Waals surface area contributed by atoms with Crippen molar-refractivity contribution in [3.63, 3.8) is 0 Å². The lowest BCUT2D eigenvalue weighted by atomic mass is 9.91. The minimum atomic E-state index is 0.845. The van der Waals surface area contributed by atoms with Gasteiger partial charge in [-0.25, -0.2) is 19.9 Å². The molecule has 18 rings (SSSR count). The first-order chi connectivity index (χ1) is 51.5. The van der Waals surface area contributed by atoms with Crippen LogP contribution in [0.1, 0.15) is 0 Å². The lowest BCUT2D eigenvalue weighted by Crippen LogP contribution is -1.97. The van der Waals surface area contributed by atoms with E-state index < -0.39 is 0 Å². The average Bonchev–Trinajstić information content (AvgIpc) is 0.760. The maximum Gasteiger partial charge on any atom is 0.0973 e. The number of rotatable bonds is 14. The van der Waals surface area contributed by atoms with Gasteiger partial charge >= 0.3 is 0 Å². The number of benzene rings is 14. The second kappa shape index (κ2) is 29.1. The molecule has 0 aliphatic rings. The molecule has 104 heavy (non-hydrogen) atoms. The third kappa shape index (κ3) is 13.5. The molecule has 0 unspecified atom stereocenters. The predicted octanol–water partition coefficient (Wildman–Crippen LogP) is 25.4. The third-order valence-electron chi connectivity index (χ3n) is 19.2. The number of aromatic nitrogens is 6. The minimum absolute atomic E-state index is 0.845. The van der Waals surface area contributed by atoms with Crippen LogP contribution in [0.4, 0.5) is 0 Å². The highest BCUT2D eigenvalue weighted by Crippen LogP contribution is 2.43. The van der Waals surface area contributed by atoms with Crippen LogP contribution in [0.3, 0.4) is 0 Å². The zero-order valence-corrected chi connectivity index (χ0v) is 56.8. The Hall–Kier alpha value is -13.9. The molecule has 0 fully saturated rings.